The van der Waals surface area contributed by atoms with Gasteiger partial charge in [-0.1, -0.05) is 0 Å². The van der Waals surface area contributed by atoms with E-state index in [1.54, 1.807) is 0 Å². The second kappa shape index (κ2) is 5.44. The quantitative estimate of drug-likeness (QED) is 0.384. The summed E-state index contributed by atoms with van der Waals surface area (Å²) >= 11 is -2.05. The first-order chi connectivity index (χ1) is 8.43. The van der Waals surface area contributed by atoms with Crippen molar-refractivity contribution in [2.45, 2.75) is 11.7 Å². The van der Waals surface area contributed by atoms with E-state index in [0.717, 1.165) is 12.1 Å². The van der Waals surface area contributed by atoms with Crippen LogP contribution in [0.4, 0.5) is 26.3 Å². The summed E-state index contributed by atoms with van der Waals surface area (Å²) in [7, 11) is -5.71. The molecule has 0 aliphatic rings. The Bertz CT molecular complexity index is 533. The van der Waals surface area contributed by atoms with Crippen molar-refractivity contribution in [3.05, 3.63) is 33.4 Å². The van der Waals surface area contributed by atoms with E-state index in [1.807, 2.05) is 0 Å². The molecule has 0 N–H and O–H groups in total. The maximum atomic E-state index is 12.2. The molecule has 0 saturated carbocycles. The van der Waals surface area contributed by atoms with E-state index in [0.29, 0.717) is 12.1 Å². The van der Waals surface area contributed by atoms with Gasteiger partial charge in [-0.2, -0.15) is 0 Å². The van der Waals surface area contributed by atoms with E-state index in [4.69, 9.17) is 0 Å². The molecule has 0 fully saturated rings. The second-order valence-electron chi connectivity index (χ2n) is 3.04. The Hall–Kier alpha value is -0.560. The van der Waals surface area contributed by atoms with Gasteiger partial charge in [0.25, 0.3) is 0 Å². The number of halogens is 7. The van der Waals surface area contributed by atoms with Gasteiger partial charge in [-0.3, -0.25) is 0 Å². The monoisotopic (exact) mass is 421 g/mol. The number of hydrogen-bond acceptors (Lipinski definition) is 3. The van der Waals surface area contributed by atoms with E-state index in [2.05, 4.69) is 2.51 Å². The van der Waals surface area contributed by atoms with Crippen molar-refractivity contribution >= 4 is 10.1 Å². The number of hydrogen-bond donors (Lipinski definition) is 0. The molecule has 0 atom stereocenters. The van der Waals surface area contributed by atoms with E-state index in [9.17, 15) is 34.8 Å². The van der Waals surface area contributed by atoms with Crippen LogP contribution in [0.1, 0.15) is 5.56 Å². The molecule has 0 heterocycles. The van der Waals surface area contributed by atoms with Gasteiger partial charge in [0.05, 0.1) is 0 Å². The van der Waals surface area contributed by atoms with Crippen molar-refractivity contribution in [3.63, 3.8) is 0 Å². The van der Waals surface area contributed by atoms with E-state index >= 15 is 0 Å². The van der Waals surface area contributed by atoms with Crippen LogP contribution in [0, 0.1) is 3.57 Å². The van der Waals surface area contributed by atoms with Crippen LogP contribution in [0.15, 0.2) is 24.3 Å². The van der Waals surface area contributed by atoms with Crippen molar-refractivity contribution in [2.75, 3.05) is 0 Å². The van der Waals surface area contributed by atoms with Crippen LogP contribution in [0.3, 0.4) is 0 Å². The Labute approximate surface area is 114 Å². The van der Waals surface area contributed by atoms with Crippen molar-refractivity contribution in [3.8, 4) is 0 Å². The predicted molar refractivity (Wildman–Crippen MR) is 46.2 cm³/mol. The van der Waals surface area contributed by atoms with Crippen LogP contribution in [0.25, 0.3) is 0 Å². The van der Waals surface area contributed by atoms with Crippen LogP contribution in [0.2, 0.25) is 0 Å². The summed E-state index contributed by atoms with van der Waals surface area (Å²) in [6.07, 6.45) is -4.57. The Morgan fingerprint density at radius 1 is 0.947 bits per heavy atom. The van der Waals surface area contributed by atoms with Gasteiger partial charge in [0.15, 0.2) is 0 Å². The summed E-state index contributed by atoms with van der Waals surface area (Å²) in [6, 6.07) is 3.03. The number of benzene rings is 1. The first kappa shape index (κ1) is 16.5. The van der Waals surface area contributed by atoms with Crippen LogP contribution < -0.4 is 21.6 Å². The average molecular weight is 421 g/mol. The molecule has 1 aromatic rings. The normalized spacial score (nSPS) is 13.8. The Balaban J connectivity index is 2.76. The van der Waals surface area contributed by atoms with Crippen molar-refractivity contribution in [1.29, 1.82) is 0 Å². The fourth-order valence-electron chi connectivity index (χ4n) is 0.804. The van der Waals surface area contributed by atoms with Crippen LogP contribution in [-0.4, -0.2) is 13.9 Å². The first-order valence-corrected chi connectivity index (χ1v) is 7.62. The molecule has 0 radical (unpaired) electrons. The molecule has 11 heteroatoms. The molecule has 0 bridgehead atoms. The average Bonchev–Trinajstić information content (AvgIpc) is 2.24. The molecule has 3 nitrogen and oxygen atoms in total. The van der Waals surface area contributed by atoms with Crippen molar-refractivity contribution < 1.29 is 58.9 Å². The standard InChI is InChI=1S/C8H4F6IO3S/c9-7(10,11)5-1-3-6(4-2-5)15-18-19(16,17)8(12,13)14/h1-4H/q-1. The fraction of sp³-hybridized carbons (Fsp3) is 0.250. The number of rotatable bonds is 3. The minimum atomic E-state index is -5.71. The summed E-state index contributed by atoms with van der Waals surface area (Å²) in [5.74, 6) is 0. The minimum absolute atomic E-state index is 0.0281. The summed E-state index contributed by atoms with van der Waals surface area (Å²) in [5.41, 5.74) is -6.53. The molecule has 110 valence electrons. The van der Waals surface area contributed by atoms with Gasteiger partial charge in [0.1, 0.15) is 0 Å². The molecule has 0 aliphatic heterocycles. The van der Waals surface area contributed by atoms with E-state index in [-0.39, 0.29) is 3.57 Å². The Morgan fingerprint density at radius 3 is 1.79 bits per heavy atom. The zero-order valence-electron chi connectivity index (χ0n) is 8.59. The maximum absolute atomic E-state index is 12.2. The molecule has 1 rings (SSSR count). The molecule has 0 aliphatic carbocycles. The van der Waals surface area contributed by atoms with E-state index in [1.165, 1.54) is 0 Å². The summed E-state index contributed by atoms with van der Waals surface area (Å²) in [6.45, 7) is 0. The van der Waals surface area contributed by atoms with Gasteiger partial charge in [0, 0.05) is 0 Å². The molecule has 0 aromatic heterocycles. The van der Waals surface area contributed by atoms with Crippen LogP contribution in [-0.2, 0) is 18.8 Å². The zero-order valence-corrected chi connectivity index (χ0v) is 11.6. The van der Waals surface area contributed by atoms with Crippen molar-refractivity contribution in [2.24, 2.45) is 0 Å². The zero-order chi connectivity index (χ0) is 14.9. The Kier molecular flexibility index (Phi) is 4.72. The topological polar surface area (TPSA) is 43.4 Å². The number of alkyl halides is 6. The van der Waals surface area contributed by atoms with Gasteiger partial charge in [-0.25, -0.2) is 0 Å². The SMILES string of the molecule is O=S(=O)(O[I-]c1ccc(C(F)(F)F)cc1)C(F)(F)F. The summed E-state index contributed by atoms with van der Waals surface area (Å²) < 4.78 is 97.1. The molecular weight excluding hydrogens is 417 g/mol. The van der Waals surface area contributed by atoms with Gasteiger partial charge in [0.2, 0.25) is 0 Å². The van der Waals surface area contributed by atoms with Crippen LogP contribution in [0.5, 0.6) is 0 Å². The van der Waals surface area contributed by atoms with Gasteiger partial charge in [-0.05, 0) is 0 Å². The molecule has 0 amide bonds. The molecule has 0 saturated heterocycles. The van der Waals surface area contributed by atoms with Crippen molar-refractivity contribution in [1.82, 2.24) is 0 Å². The van der Waals surface area contributed by atoms with Gasteiger partial charge in [-0.15, -0.1) is 0 Å². The molecule has 0 spiro atoms. The first-order valence-electron chi connectivity index (χ1n) is 4.25. The van der Waals surface area contributed by atoms with E-state index < -0.39 is 49.0 Å². The second-order valence-corrected chi connectivity index (χ2v) is 7.31. The summed E-state index contributed by atoms with van der Waals surface area (Å²) in [5, 5.41) is 0. The van der Waals surface area contributed by atoms with Gasteiger partial charge >= 0.3 is 114 Å². The third-order valence-electron chi connectivity index (χ3n) is 1.66. The molecule has 0 unspecified atom stereocenters. The Morgan fingerprint density at radius 2 is 1.42 bits per heavy atom. The molecule has 19 heavy (non-hydrogen) atoms. The fourth-order valence-corrected chi connectivity index (χ4v) is 3.63. The third-order valence-corrected chi connectivity index (χ3v) is 5.64. The third kappa shape index (κ3) is 4.49. The van der Waals surface area contributed by atoms with Gasteiger partial charge < -0.3 is 0 Å². The van der Waals surface area contributed by atoms with Crippen LogP contribution >= 0.6 is 0 Å². The molecule has 1 aromatic carbocycles. The molecular formula is C8H4F6IO3S-. The predicted octanol–water partition coefficient (Wildman–Crippen LogP) is -0.255. The summed E-state index contributed by atoms with van der Waals surface area (Å²) in [4.78, 5) is 0.